The first-order valence-electron chi connectivity index (χ1n) is 4.82. The first-order valence-corrected chi connectivity index (χ1v) is 6.22. The minimum absolute atomic E-state index is 0.519. The molecule has 2 aliphatic carbocycles. The predicted molar refractivity (Wildman–Crippen MR) is 51.9 cm³/mol. The molecular formula is C8H14N2O4S. The summed E-state index contributed by atoms with van der Waals surface area (Å²) in [6.45, 7) is 1.69. The van der Waals surface area contributed by atoms with Gasteiger partial charge in [-0.15, -0.1) is 0 Å². The molecule has 0 bridgehead atoms. The minimum atomic E-state index is -4.00. The number of hydrogen-bond acceptors (Lipinski definition) is 5. The Morgan fingerprint density at radius 3 is 2.27 bits per heavy atom. The molecule has 0 radical (unpaired) electrons. The second-order valence-electron chi connectivity index (χ2n) is 4.57. The molecule has 0 atom stereocenters. The lowest BCUT2D eigenvalue weighted by molar-refractivity contribution is -0.121. The highest BCUT2D eigenvalue weighted by atomic mass is 32.2. The summed E-state index contributed by atoms with van der Waals surface area (Å²) in [4.78, 5) is 11.4. The van der Waals surface area contributed by atoms with Gasteiger partial charge in [0.1, 0.15) is 0 Å². The summed E-state index contributed by atoms with van der Waals surface area (Å²) in [5, 5.41) is 0. The molecule has 0 aromatic carbocycles. The van der Waals surface area contributed by atoms with Gasteiger partial charge in [0.2, 0.25) is 0 Å². The maximum atomic E-state index is 11.4. The molecule has 0 spiro atoms. The monoisotopic (exact) mass is 234 g/mol. The Labute approximate surface area is 88.4 Å². The molecule has 0 heterocycles. The van der Waals surface area contributed by atoms with Crippen LogP contribution < -0.4 is 10.5 Å². The van der Waals surface area contributed by atoms with Gasteiger partial charge in [-0.1, -0.05) is 0 Å². The summed E-state index contributed by atoms with van der Waals surface area (Å²) in [5.74, 6) is -0.674. The summed E-state index contributed by atoms with van der Waals surface area (Å²) in [5.41, 5.74) is 3.92. The molecule has 2 aliphatic rings. The normalized spacial score (nSPS) is 25.7. The largest absolute Gasteiger partial charge is 0.362 e. The molecule has 2 saturated carbocycles. The molecule has 7 heteroatoms. The van der Waals surface area contributed by atoms with Gasteiger partial charge in [0.25, 0.3) is 5.91 Å². The Hall–Kier alpha value is -0.660. The molecule has 0 aromatic rings. The van der Waals surface area contributed by atoms with Crippen LogP contribution >= 0.6 is 0 Å². The Bertz CT molecular complexity index is 395. The highest BCUT2D eigenvalue weighted by Gasteiger charge is 2.49. The maximum absolute atomic E-state index is 11.4. The average Bonchev–Trinajstić information content (AvgIpc) is 2.92. The molecule has 0 saturated heterocycles. The van der Waals surface area contributed by atoms with Crippen LogP contribution in [0.4, 0.5) is 0 Å². The fourth-order valence-corrected chi connectivity index (χ4v) is 2.29. The van der Waals surface area contributed by atoms with E-state index in [9.17, 15) is 13.2 Å². The third kappa shape index (κ3) is 2.47. The van der Waals surface area contributed by atoms with Crippen molar-refractivity contribution in [2.75, 3.05) is 0 Å². The Morgan fingerprint density at radius 2 is 1.87 bits per heavy atom. The molecule has 15 heavy (non-hydrogen) atoms. The van der Waals surface area contributed by atoms with Gasteiger partial charge >= 0.3 is 10.3 Å². The van der Waals surface area contributed by atoms with Gasteiger partial charge in [-0.2, -0.15) is 8.42 Å². The highest BCUT2D eigenvalue weighted by molar-refractivity contribution is 7.85. The van der Waals surface area contributed by atoms with E-state index in [1.54, 1.807) is 6.92 Å². The number of carbonyl (C=O) groups excluding carboxylic acids is 1. The van der Waals surface area contributed by atoms with Crippen LogP contribution in [0.2, 0.25) is 0 Å². The van der Waals surface area contributed by atoms with Crippen molar-refractivity contribution in [3.05, 3.63) is 0 Å². The summed E-state index contributed by atoms with van der Waals surface area (Å²) < 4.78 is 29.4. The van der Waals surface area contributed by atoms with E-state index in [-0.39, 0.29) is 0 Å². The zero-order valence-electron chi connectivity index (χ0n) is 8.45. The van der Waals surface area contributed by atoms with Gasteiger partial charge in [0, 0.05) is 0 Å². The van der Waals surface area contributed by atoms with Crippen LogP contribution in [0.25, 0.3) is 0 Å². The molecule has 86 valence electrons. The average molecular weight is 234 g/mol. The van der Waals surface area contributed by atoms with Crippen LogP contribution in [0.15, 0.2) is 0 Å². The molecule has 0 unspecified atom stereocenters. The van der Waals surface area contributed by atoms with Crippen molar-refractivity contribution >= 4 is 16.2 Å². The van der Waals surface area contributed by atoms with Crippen molar-refractivity contribution in [1.82, 2.24) is 4.72 Å². The van der Waals surface area contributed by atoms with Crippen LogP contribution in [-0.4, -0.2) is 25.5 Å². The SMILES string of the molecule is CC1(OS(=O)(=O)NC(=O)C2(N)CC2)CC1. The summed E-state index contributed by atoms with van der Waals surface area (Å²) in [7, 11) is -4.00. The molecule has 2 rings (SSSR count). The van der Waals surface area contributed by atoms with Gasteiger partial charge in [0.15, 0.2) is 0 Å². The first-order chi connectivity index (χ1) is 6.75. The Balaban J connectivity index is 1.95. The fourth-order valence-electron chi connectivity index (χ4n) is 1.12. The number of carbonyl (C=O) groups is 1. The second kappa shape index (κ2) is 2.93. The molecule has 0 aliphatic heterocycles. The van der Waals surface area contributed by atoms with E-state index >= 15 is 0 Å². The van der Waals surface area contributed by atoms with Crippen molar-refractivity contribution < 1.29 is 17.4 Å². The smallest absolute Gasteiger partial charge is 0.317 e. The second-order valence-corrected chi connectivity index (χ2v) is 5.85. The number of nitrogens with two attached hydrogens (primary N) is 1. The molecule has 0 aromatic heterocycles. The van der Waals surface area contributed by atoms with E-state index in [1.165, 1.54) is 0 Å². The van der Waals surface area contributed by atoms with Crippen LogP contribution in [-0.2, 0) is 19.3 Å². The summed E-state index contributed by atoms with van der Waals surface area (Å²) in [6.07, 6.45) is 2.42. The Morgan fingerprint density at radius 1 is 1.33 bits per heavy atom. The summed E-state index contributed by atoms with van der Waals surface area (Å²) >= 11 is 0. The molecule has 1 amide bonds. The third-order valence-electron chi connectivity index (χ3n) is 2.72. The van der Waals surface area contributed by atoms with E-state index in [4.69, 9.17) is 9.92 Å². The zero-order chi connectivity index (χ0) is 11.3. The summed E-state index contributed by atoms with van der Waals surface area (Å²) in [6, 6.07) is 0. The first kappa shape index (κ1) is 10.8. The van der Waals surface area contributed by atoms with E-state index in [2.05, 4.69) is 0 Å². The van der Waals surface area contributed by atoms with Crippen LogP contribution in [0.5, 0.6) is 0 Å². The fraction of sp³-hybridized carbons (Fsp3) is 0.875. The highest BCUT2D eigenvalue weighted by Crippen LogP contribution is 2.40. The van der Waals surface area contributed by atoms with Crippen molar-refractivity contribution in [1.29, 1.82) is 0 Å². The van der Waals surface area contributed by atoms with Crippen LogP contribution in [0.3, 0.4) is 0 Å². The lowest BCUT2D eigenvalue weighted by Gasteiger charge is -2.13. The van der Waals surface area contributed by atoms with Crippen molar-refractivity contribution in [2.45, 2.75) is 43.7 Å². The van der Waals surface area contributed by atoms with E-state index in [0.717, 1.165) is 0 Å². The van der Waals surface area contributed by atoms with Crippen LogP contribution in [0, 0.1) is 0 Å². The van der Waals surface area contributed by atoms with Crippen LogP contribution in [0.1, 0.15) is 32.6 Å². The maximum Gasteiger partial charge on any atom is 0.362 e. The van der Waals surface area contributed by atoms with Crippen molar-refractivity contribution in [2.24, 2.45) is 5.73 Å². The molecule has 2 fully saturated rings. The Kier molecular flexibility index (Phi) is 2.12. The molecule has 6 nitrogen and oxygen atoms in total. The van der Waals surface area contributed by atoms with Crippen molar-refractivity contribution in [3.8, 4) is 0 Å². The van der Waals surface area contributed by atoms with Gasteiger partial charge in [-0.3, -0.25) is 4.79 Å². The minimum Gasteiger partial charge on any atom is -0.317 e. The van der Waals surface area contributed by atoms with Gasteiger partial charge in [0.05, 0.1) is 11.1 Å². The van der Waals surface area contributed by atoms with E-state index in [0.29, 0.717) is 25.7 Å². The van der Waals surface area contributed by atoms with Gasteiger partial charge in [-0.05, 0) is 32.6 Å². The third-order valence-corrected chi connectivity index (χ3v) is 3.78. The van der Waals surface area contributed by atoms with E-state index < -0.39 is 27.4 Å². The van der Waals surface area contributed by atoms with Gasteiger partial charge < -0.3 is 5.73 Å². The standard InChI is InChI=1S/C8H14N2O4S/c1-7(2-3-7)14-15(12,13)10-6(11)8(9)4-5-8/h2-5,9H2,1H3,(H,10,11). The number of amides is 1. The molecule has 3 N–H and O–H groups in total. The van der Waals surface area contributed by atoms with E-state index in [1.807, 2.05) is 4.72 Å². The number of nitrogens with one attached hydrogen (secondary N) is 1. The number of rotatable bonds is 4. The van der Waals surface area contributed by atoms with Gasteiger partial charge in [-0.25, -0.2) is 8.91 Å². The quantitative estimate of drug-likeness (QED) is 0.677. The predicted octanol–water partition coefficient (Wildman–Crippen LogP) is -0.592. The lowest BCUT2D eigenvalue weighted by Crippen LogP contribution is -2.46. The lowest BCUT2D eigenvalue weighted by atomic mass is 10.3. The van der Waals surface area contributed by atoms with Crippen molar-refractivity contribution in [3.63, 3.8) is 0 Å². The number of hydrogen-bond donors (Lipinski definition) is 2. The molecular weight excluding hydrogens is 220 g/mol. The topological polar surface area (TPSA) is 98.5 Å². The zero-order valence-corrected chi connectivity index (χ0v) is 9.26.